The Morgan fingerprint density at radius 1 is 0.629 bits per heavy atom. The minimum absolute atomic E-state index is 0. The SMILES string of the molecule is C.CC(C)[Si](O)(O[Si](O[C@@H]1[C@H]2COP(=O)(S)O[C@H]3C[C@H](Oc4ccncn4)C[C@@H]3COP(O)(=S)O[C@H]1[C@H](n1nnc3c(=O)[nH]cnc31)C2)(C(C)C)C(C)C)C(C)C.O=c1[nH]cnc2c1nnn2[C@@H]1O[C@@H]2COP(O)(=S)O[C@H]3C[C@H](Oc4ccncn4)C[C@@H]3COP(O)(=S)O[C@@H]1[C@@H]2O. The highest BCUT2D eigenvalue weighted by Crippen LogP contribution is 2.61. The first kappa shape index (κ1) is 76.3. The molecule has 0 amide bonds. The molecule has 12 rings (SSSR count). The summed E-state index contributed by atoms with van der Waals surface area (Å²) < 4.78 is 96.7. The van der Waals surface area contributed by atoms with Gasteiger partial charge in [0.25, 0.3) is 11.1 Å². The van der Waals surface area contributed by atoms with Gasteiger partial charge >= 0.3 is 44.1 Å². The van der Waals surface area contributed by atoms with Gasteiger partial charge in [0, 0.05) is 55.1 Å². The maximum atomic E-state index is 14.1. The summed E-state index contributed by atoms with van der Waals surface area (Å²) >= 11 is 20.7. The number of ether oxygens (including phenoxy) is 3. The highest BCUT2D eigenvalue weighted by atomic mass is 32.7. The van der Waals surface area contributed by atoms with Gasteiger partial charge in [-0.15, -0.1) is 10.2 Å². The number of aliphatic hydroxyl groups excluding tert-OH is 1. The van der Waals surface area contributed by atoms with Crippen LogP contribution in [-0.2, 0) is 89.5 Å². The van der Waals surface area contributed by atoms with Crippen LogP contribution < -0.4 is 20.6 Å². The second kappa shape index (κ2) is 30.9. The summed E-state index contributed by atoms with van der Waals surface area (Å²) in [5.74, 6) is -0.783. The normalized spacial score (nSPS) is 34.5. The van der Waals surface area contributed by atoms with Crippen molar-refractivity contribution in [1.29, 1.82) is 0 Å². The number of hydrogen-bond acceptors (Lipinski definition) is 31. The largest absolute Gasteiger partial charge is 0.474 e. The highest BCUT2D eigenvalue weighted by Gasteiger charge is 2.60. The van der Waals surface area contributed by atoms with Gasteiger partial charge in [-0.25, -0.2) is 39.2 Å². The van der Waals surface area contributed by atoms with Crippen LogP contribution in [0.4, 0.5) is 0 Å². The molecule has 6 aliphatic rings. The lowest BCUT2D eigenvalue weighted by molar-refractivity contribution is -0.0570. The van der Waals surface area contributed by atoms with Crippen molar-refractivity contribution >= 4 is 114 Å². The van der Waals surface area contributed by atoms with Crippen LogP contribution in [-0.4, -0.2) is 193 Å². The second-order valence-corrected chi connectivity index (χ2v) is 45.2. The molecule has 4 bridgehead atoms. The Bertz CT molecular complexity index is 4000. The van der Waals surface area contributed by atoms with Crippen molar-refractivity contribution in [3.05, 3.63) is 70.5 Å². The predicted octanol–water partition coefficient (Wildman–Crippen LogP) is 6.02. The number of aliphatic hydroxyl groups is 1. The van der Waals surface area contributed by atoms with E-state index in [1.54, 1.807) is 24.5 Å². The predicted molar refractivity (Wildman–Crippen MR) is 364 cm³/mol. The van der Waals surface area contributed by atoms with Crippen molar-refractivity contribution < 1.29 is 88.1 Å². The fourth-order valence-electron chi connectivity index (χ4n) is 12.9. The Morgan fingerprint density at radius 2 is 1.11 bits per heavy atom. The number of nitrogens with zero attached hydrogens (tertiary/aromatic N) is 12. The van der Waals surface area contributed by atoms with Crippen LogP contribution in [0, 0.1) is 17.8 Å². The molecule has 3 aliphatic carbocycles. The molecule has 3 aliphatic heterocycles. The van der Waals surface area contributed by atoms with Gasteiger partial charge in [-0.05, 0) is 76.8 Å². The Morgan fingerprint density at radius 3 is 1.63 bits per heavy atom. The molecule has 3 saturated heterocycles. The van der Waals surface area contributed by atoms with Gasteiger partial charge in [0.05, 0.1) is 63.4 Å². The van der Waals surface area contributed by atoms with Crippen molar-refractivity contribution in [2.45, 2.75) is 184 Å². The van der Waals surface area contributed by atoms with Gasteiger partial charge in [-0.1, -0.05) is 85.5 Å². The van der Waals surface area contributed by atoms with Crippen LogP contribution in [0.2, 0.25) is 22.2 Å². The van der Waals surface area contributed by atoms with E-state index in [9.17, 15) is 38.7 Å². The van der Waals surface area contributed by atoms with Gasteiger partial charge in [0.15, 0.2) is 28.6 Å². The average Bonchev–Trinajstić information content (AvgIpc) is 1.64. The topological polar surface area (TPSA) is 443 Å². The minimum atomic E-state index is -4.11. The zero-order chi connectivity index (χ0) is 68.9. The number of rotatable bonds is 14. The van der Waals surface area contributed by atoms with Crippen LogP contribution in [0.25, 0.3) is 22.3 Å². The molecule has 18 atom stereocenters. The summed E-state index contributed by atoms with van der Waals surface area (Å²) in [6.07, 6.45) is 0.426. The first-order chi connectivity index (χ1) is 45.3. The molecular weight excluding hydrogens is 1460 g/mol. The van der Waals surface area contributed by atoms with E-state index < -0.39 is 141 Å². The third-order valence-corrected chi connectivity index (χ3v) is 33.8. The summed E-state index contributed by atoms with van der Waals surface area (Å²) in [4.78, 5) is 100. The zero-order valence-corrected chi connectivity index (χ0v) is 61.9. The lowest BCUT2D eigenvalue weighted by atomic mass is 10.1. The Kier molecular flexibility index (Phi) is 24.3. The average molecular weight is 1550 g/mol. The van der Waals surface area contributed by atoms with Crippen LogP contribution >= 0.6 is 39.2 Å². The molecule has 3 saturated carbocycles. The first-order valence-electron chi connectivity index (χ1n) is 30.8. The number of nitrogens with one attached hydrogen (secondary N) is 2. The molecule has 7 N–H and O–H groups in total. The van der Waals surface area contributed by atoms with Crippen molar-refractivity contribution in [2.75, 3.05) is 26.4 Å². The quantitative estimate of drug-likeness (QED) is 0.0351. The Balaban J connectivity index is 0.000000219. The smallest absolute Gasteiger partial charge is 0.386 e. The summed E-state index contributed by atoms with van der Waals surface area (Å²) in [5, 5.41) is 27.2. The number of H-pyrrole nitrogens is 2. The molecule has 536 valence electrons. The van der Waals surface area contributed by atoms with Crippen LogP contribution in [0.3, 0.4) is 0 Å². The van der Waals surface area contributed by atoms with E-state index in [-0.39, 0.29) is 84.3 Å². The summed E-state index contributed by atoms with van der Waals surface area (Å²) in [6, 6.07) is 2.44. The standard InChI is InChI=1S/C32H53N7O11P2S2Si2.C19H23N7O10P2S2.CH4/c1-18(2)55(43,19(3)4)50-56(20(5)6,21(7)8)49-29-23-12-25(39-31-28(37-38-39)32(40)36-17-35-31)30(29)48-52(42,54)44-14-22-11-24(46-27-9-10-33-16-34-27)13-26(22)47-51(41,53)45-15-23;27-15-12-6-32-37(29,39)35-11-4-10(33-13-1-2-20-7-21-13)3-9(11)5-31-38(30,40)36-16(15)19(34-12)26-17-14(24-25-26)18(28)23-8-22-17;/h9-10,16-26,29-30,43H,11-15H2,1-8H3,(H,41,53)(H,42,54)(H,35,36,40);1-2,7-12,15-16,19,27H,3-6H2,(H,29,39)(H,30,40)(H,22,23,28);1H4/t22-,23-,24-,25-,26+,29-,30+,51?,52?;9-,10-,11+,12-,15-,16-,19-,37?,38?;/m11./s1. The van der Waals surface area contributed by atoms with E-state index in [4.69, 9.17) is 94.4 Å². The minimum Gasteiger partial charge on any atom is -0.474 e. The summed E-state index contributed by atoms with van der Waals surface area (Å²) in [5.41, 5.74) is -1.62. The molecular formula is C52H80N14O21P4S4Si2. The molecule has 97 heavy (non-hydrogen) atoms. The van der Waals surface area contributed by atoms with Crippen LogP contribution in [0.15, 0.2) is 59.4 Å². The Hall–Kier alpha value is -3.36. The molecule has 9 heterocycles. The van der Waals surface area contributed by atoms with Gasteiger partial charge < -0.3 is 84.4 Å². The molecule has 0 aromatic carbocycles. The van der Waals surface area contributed by atoms with E-state index >= 15 is 0 Å². The molecule has 6 fully saturated rings. The van der Waals surface area contributed by atoms with Crippen molar-refractivity contribution in [3.63, 3.8) is 0 Å². The number of aromatic amines is 2. The molecule has 6 aromatic rings. The Labute approximate surface area is 579 Å². The molecule has 45 heteroatoms. The number of fused-ring (bicyclic) bond motifs is 8. The summed E-state index contributed by atoms with van der Waals surface area (Å²) in [6.45, 7) is -1.04. The van der Waals surface area contributed by atoms with E-state index in [0.29, 0.717) is 37.4 Å². The van der Waals surface area contributed by atoms with Crippen LogP contribution in [0.5, 0.6) is 11.8 Å². The molecule has 6 aromatic heterocycles. The van der Waals surface area contributed by atoms with E-state index in [2.05, 4.69) is 72.7 Å². The number of hydrogen-bond donors (Lipinski definition) is 8. The van der Waals surface area contributed by atoms with E-state index in [0.717, 1.165) is 11.0 Å². The third-order valence-electron chi connectivity index (χ3n) is 17.7. The lowest BCUT2D eigenvalue weighted by Crippen LogP contribution is -2.62. The van der Waals surface area contributed by atoms with Crippen LogP contribution in [0.1, 0.15) is 107 Å². The maximum Gasteiger partial charge on any atom is 0.386 e. The number of thiol groups is 1. The lowest BCUT2D eigenvalue weighted by Gasteiger charge is -2.48. The fraction of sp³-hybridized carbons (Fsp3) is 0.692. The summed E-state index contributed by atoms with van der Waals surface area (Å²) in [7, 11) is -6.92. The van der Waals surface area contributed by atoms with Crippen molar-refractivity contribution in [3.8, 4) is 11.8 Å². The maximum absolute atomic E-state index is 14.1. The van der Waals surface area contributed by atoms with E-state index in [1.165, 1.54) is 23.7 Å². The second-order valence-electron chi connectivity index (χ2n) is 25.3. The first-order valence-corrected chi connectivity index (χ1v) is 45.3. The molecule has 0 spiro atoms. The third kappa shape index (κ3) is 17.3. The monoisotopic (exact) mass is 1540 g/mol. The van der Waals surface area contributed by atoms with Gasteiger partial charge in [-0.2, -0.15) is 4.68 Å². The zero-order valence-electron chi connectivity index (χ0n) is 53.0. The van der Waals surface area contributed by atoms with Gasteiger partial charge in [-0.3, -0.25) is 18.6 Å². The van der Waals surface area contributed by atoms with Crippen molar-refractivity contribution in [1.82, 2.24) is 69.9 Å². The molecule has 4 unspecified atom stereocenters. The molecule has 35 nitrogen and oxygen atoms in total. The van der Waals surface area contributed by atoms with Gasteiger partial charge in [0.2, 0.25) is 11.8 Å². The highest BCUT2D eigenvalue weighted by molar-refractivity contribution is 8.44. The molecule has 0 radical (unpaired) electrons. The van der Waals surface area contributed by atoms with Crippen molar-refractivity contribution in [2.24, 2.45) is 17.8 Å². The number of aromatic nitrogens is 14. The fourth-order valence-corrected chi connectivity index (χ4v) is 28.9. The van der Waals surface area contributed by atoms with Gasteiger partial charge in [0.1, 0.15) is 49.3 Å². The van der Waals surface area contributed by atoms with E-state index in [1.807, 2.05) is 55.4 Å².